The van der Waals surface area contributed by atoms with Crippen molar-refractivity contribution >= 4 is 38.4 Å². The van der Waals surface area contributed by atoms with E-state index in [2.05, 4.69) is 31.1 Å². The maximum atomic E-state index is 12.2. The Bertz CT molecular complexity index is 918. The molecule has 0 aliphatic carbocycles. The third-order valence-electron chi connectivity index (χ3n) is 3.31. The van der Waals surface area contributed by atoms with Gasteiger partial charge in [0, 0.05) is 9.86 Å². The highest BCUT2D eigenvalue weighted by Crippen LogP contribution is 2.38. The quantitative estimate of drug-likeness (QED) is 0.659. The van der Waals surface area contributed by atoms with Gasteiger partial charge in [0.1, 0.15) is 5.75 Å². The molecule has 1 amide bonds. The fraction of sp³-hybridized carbons (Fsp3) is 0.0625. The Morgan fingerprint density at radius 3 is 2.78 bits per heavy atom. The lowest BCUT2D eigenvalue weighted by molar-refractivity contribution is 0.0992. The molecule has 0 bridgehead atoms. The van der Waals surface area contributed by atoms with E-state index in [-0.39, 0.29) is 11.6 Å². The summed E-state index contributed by atoms with van der Waals surface area (Å²) in [5, 5.41) is 18.2. The number of nitrogens with one attached hydrogen (secondary N) is 1. The Hall–Kier alpha value is -2.67. The van der Waals surface area contributed by atoms with Crippen LogP contribution in [0, 0.1) is 0 Å². The van der Waals surface area contributed by atoms with Crippen molar-refractivity contribution in [1.29, 1.82) is 0 Å². The summed E-state index contributed by atoms with van der Waals surface area (Å²) in [6.07, 6.45) is 0. The molecule has 1 aromatic heterocycles. The standard InChI is InChI=1S/C16H12BrN3O3/c1-23-12-8-3-2-5-9(12)15(21)20-19-14-10-6-4-7-11(17)13(10)18-16(14)22/h2-8,18,22H,1H3. The van der Waals surface area contributed by atoms with Crippen LogP contribution in [0.3, 0.4) is 0 Å². The molecule has 0 aliphatic rings. The van der Waals surface area contributed by atoms with Gasteiger partial charge >= 0.3 is 0 Å². The molecule has 23 heavy (non-hydrogen) atoms. The summed E-state index contributed by atoms with van der Waals surface area (Å²) in [4.78, 5) is 15.0. The molecule has 0 spiro atoms. The number of amides is 1. The minimum Gasteiger partial charge on any atom is -0.496 e. The topological polar surface area (TPSA) is 87.0 Å². The van der Waals surface area contributed by atoms with Gasteiger partial charge in [-0.15, -0.1) is 10.2 Å². The first-order valence-electron chi connectivity index (χ1n) is 6.70. The number of benzene rings is 2. The molecule has 0 radical (unpaired) electrons. The van der Waals surface area contributed by atoms with Gasteiger partial charge in [-0.1, -0.05) is 24.3 Å². The van der Waals surface area contributed by atoms with E-state index in [4.69, 9.17) is 4.74 Å². The van der Waals surface area contributed by atoms with Crippen LogP contribution in [0.15, 0.2) is 57.2 Å². The second-order valence-electron chi connectivity index (χ2n) is 4.69. The average molecular weight is 374 g/mol. The Balaban J connectivity index is 1.99. The number of halogens is 1. The van der Waals surface area contributed by atoms with Crippen LogP contribution in [0.2, 0.25) is 0 Å². The molecular formula is C16H12BrN3O3. The molecule has 2 aromatic carbocycles. The second kappa shape index (κ2) is 6.21. The molecule has 0 saturated heterocycles. The molecule has 3 rings (SSSR count). The summed E-state index contributed by atoms with van der Waals surface area (Å²) in [7, 11) is 1.48. The lowest BCUT2D eigenvalue weighted by Gasteiger charge is -2.03. The van der Waals surface area contributed by atoms with Crippen LogP contribution in [0.4, 0.5) is 5.69 Å². The SMILES string of the molecule is COc1ccccc1C(=O)N=Nc1c(O)[nH]c2c(Br)cccc12. The van der Waals surface area contributed by atoms with Crippen molar-refractivity contribution in [3.8, 4) is 11.6 Å². The zero-order valence-electron chi connectivity index (χ0n) is 12.1. The smallest absolute Gasteiger partial charge is 0.299 e. The fourth-order valence-electron chi connectivity index (χ4n) is 2.23. The molecule has 116 valence electrons. The molecule has 6 nitrogen and oxygen atoms in total. The molecule has 0 atom stereocenters. The predicted molar refractivity (Wildman–Crippen MR) is 89.5 cm³/mol. The summed E-state index contributed by atoms with van der Waals surface area (Å²) in [5.41, 5.74) is 1.20. The second-order valence-corrected chi connectivity index (χ2v) is 5.54. The van der Waals surface area contributed by atoms with Gasteiger partial charge < -0.3 is 14.8 Å². The number of aromatic hydroxyl groups is 1. The Morgan fingerprint density at radius 2 is 2.00 bits per heavy atom. The average Bonchev–Trinajstić information content (AvgIpc) is 2.89. The zero-order valence-corrected chi connectivity index (χ0v) is 13.7. The number of ether oxygens (including phenoxy) is 1. The van der Waals surface area contributed by atoms with E-state index < -0.39 is 5.91 Å². The van der Waals surface area contributed by atoms with Crippen molar-refractivity contribution in [2.75, 3.05) is 7.11 Å². The lowest BCUT2D eigenvalue weighted by Crippen LogP contribution is -1.97. The van der Waals surface area contributed by atoms with Crippen molar-refractivity contribution in [2.45, 2.75) is 0 Å². The maximum absolute atomic E-state index is 12.2. The number of hydrogen-bond donors (Lipinski definition) is 2. The summed E-state index contributed by atoms with van der Waals surface area (Å²) in [6.45, 7) is 0. The van der Waals surface area contributed by atoms with E-state index in [1.807, 2.05) is 6.07 Å². The highest BCUT2D eigenvalue weighted by Gasteiger charge is 2.14. The number of nitrogens with zero attached hydrogens (tertiary/aromatic N) is 2. The van der Waals surface area contributed by atoms with Gasteiger partial charge in [0.2, 0.25) is 5.88 Å². The number of H-pyrrole nitrogens is 1. The fourth-order valence-corrected chi connectivity index (χ4v) is 2.69. The lowest BCUT2D eigenvalue weighted by atomic mass is 10.2. The molecule has 7 heteroatoms. The number of hydrogen-bond acceptors (Lipinski definition) is 4. The van der Waals surface area contributed by atoms with E-state index in [1.165, 1.54) is 7.11 Å². The zero-order chi connectivity index (χ0) is 16.4. The molecule has 3 aromatic rings. The van der Waals surface area contributed by atoms with Gasteiger partial charge in [-0.3, -0.25) is 4.79 Å². The molecule has 0 aliphatic heterocycles. The van der Waals surface area contributed by atoms with E-state index in [0.29, 0.717) is 22.2 Å². The van der Waals surface area contributed by atoms with Crippen molar-refractivity contribution in [2.24, 2.45) is 10.2 Å². The van der Waals surface area contributed by atoms with E-state index in [0.717, 1.165) is 4.47 Å². The molecule has 0 saturated carbocycles. The van der Waals surface area contributed by atoms with Gasteiger partial charge in [-0.2, -0.15) is 0 Å². The Labute approximate surface area is 139 Å². The molecule has 0 fully saturated rings. The number of para-hydroxylation sites is 2. The first kappa shape index (κ1) is 15.2. The Kier molecular flexibility index (Phi) is 4.12. The van der Waals surface area contributed by atoms with E-state index in [1.54, 1.807) is 36.4 Å². The van der Waals surface area contributed by atoms with Crippen LogP contribution in [0.1, 0.15) is 10.4 Å². The third-order valence-corrected chi connectivity index (χ3v) is 3.98. The highest BCUT2D eigenvalue weighted by molar-refractivity contribution is 9.10. The number of carbonyl (C=O) groups excluding carboxylic acids is 1. The van der Waals surface area contributed by atoms with Gasteiger partial charge in [0.05, 0.1) is 18.2 Å². The van der Waals surface area contributed by atoms with Crippen molar-refractivity contribution < 1.29 is 14.6 Å². The Morgan fingerprint density at radius 1 is 1.22 bits per heavy atom. The summed E-state index contributed by atoms with van der Waals surface area (Å²) in [5.74, 6) is -0.281. The van der Waals surface area contributed by atoms with Crippen LogP contribution in [0.25, 0.3) is 10.9 Å². The number of fused-ring (bicyclic) bond motifs is 1. The van der Waals surface area contributed by atoms with Crippen molar-refractivity contribution in [3.05, 3.63) is 52.5 Å². The van der Waals surface area contributed by atoms with Gasteiger partial charge in [0.25, 0.3) is 5.91 Å². The minimum atomic E-state index is -0.550. The number of aromatic nitrogens is 1. The summed E-state index contributed by atoms with van der Waals surface area (Å²) < 4.78 is 5.91. The predicted octanol–water partition coefficient (Wildman–Crippen LogP) is 4.57. The largest absolute Gasteiger partial charge is 0.496 e. The summed E-state index contributed by atoms with van der Waals surface area (Å²) in [6, 6.07) is 12.2. The minimum absolute atomic E-state index is 0.150. The first-order valence-corrected chi connectivity index (χ1v) is 7.49. The number of aromatic amines is 1. The van der Waals surface area contributed by atoms with Crippen molar-refractivity contribution in [1.82, 2.24) is 4.98 Å². The maximum Gasteiger partial charge on any atom is 0.299 e. The van der Waals surface area contributed by atoms with Crippen LogP contribution < -0.4 is 4.74 Å². The molecule has 2 N–H and O–H groups in total. The summed E-state index contributed by atoms with van der Waals surface area (Å²) >= 11 is 3.38. The van der Waals surface area contributed by atoms with Crippen LogP contribution in [-0.2, 0) is 0 Å². The van der Waals surface area contributed by atoms with Gasteiger partial charge in [-0.25, -0.2) is 0 Å². The van der Waals surface area contributed by atoms with E-state index in [9.17, 15) is 9.90 Å². The molecule has 1 heterocycles. The number of rotatable bonds is 3. The van der Waals surface area contributed by atoms with Crippen LogP contribution in [0.5, 0.6) is 11.6 Å². The van der Waals surface area contributed by atoms with Crippen molar-refractivity contribution in [3.63, 3.8) is 0 Å². The first-order chi connectivity index (χ1) is 11.1. The molecular weight excluding hydrogens is 362 g/mol. The normalized spacial score (nSPS) is 11.2. The monoisotopic (exact) mass is 373 g/mol. The van der Waals surface area contributed by atoms with Crippen LogP contribution >= 0.6 is 15.9 Å². The van der Waals surface area contributed by atoms with E-state index >= 15 is 0 Å². The highest BCUT2D eigenvalue weighted by atomic mass is 79.9. The van der Waals surface area contributed by atoms with Gasteiger partial charge in [-0.05, 0) is 34.1 Å². The number of azo groups is 1. The number of carbonyl (C=O) groups is 1. The van der Waals surface area contributed by atoms with Crippen LogP contribution in [-0.4, -0.2) is 23.1 Å². The van der Waals surface area contributed by atoms with Gasteiger partial charge in [0.15, 0.2) is 5.69 Å². The number of methoxy groups -OCH3 is 1. The third kappa shape index (κ3) is 2.83. The molecule has 0 unspecified atom stereocenters.